The number of carbonyl (C=O) groups is 1. The first-order chi connectivity index (χ1) is 22.7. The third-order valence-corrected chi connectivity index (χ3v) is 16.6. The molecule has 4 fully saturated rings. The number of carboxylic acids is 1. The molecule has 0 unspecified atom stereocenters. The highest BCUT2D eigenvalue weighted by Gasteiger charge is 2.73. The molecule has 2 heterocycles. The summed E-state index contributed by atoms with van der Waals surface area (Å²) in [5.41, 5.74) is 5.98. The van der Waals surface area contributed by atoms with Crippen molar-refractivity contribution >= 4 is 11.9 Å². The zero-order valence-corrected chi connectivity index (χ0v) is 32.5. The number of likely N-dealkylation sites (N-methyl/N-ethyl adjacent to an activating group) is 1. The average Bonchev–Trinajstić information content (AvgIpc) is 3.45. The van der Waals surface area contributed by atoms with Gasteiger partial charge in [-0.15, -0.1) is 5.10 Å². The van der Waals surface area contributed by atoms with Crippen LogP contribution in [0, 0.1) is 62.6 Å². The molecule has 12 atom stereocenters. The smallest absolute Gasteiger partial charge is 0.307 e. The minimum absolute atomic E-state index is 0.108. The largest absolute Gasteiger partial charge is 0.481 e. The van der Waals surface area contributed by atoms with Crippen molar-refractivity contribution in [3.63, 3.8) is 0 Å². The topological polar surface area (TPSA) is 129 Å². The standard InChI is InChI=1S/C39H66N6O4/c1-23(2)25(5)35(7)17-18-36(8)26-13-14-29-34(6)19-28(45-42-33(40)41-43-45)31(49-21-38(10,24(3)4)44(11)12)39(29,22-48-20-34)27(26)15-16-37(36,9)30(35)32(46)47/h15,23-26,28-31H,13-14,16-22H2,1-12H3,(H2,40,42)(H,46,47)/t25-,26+,28-,29-,30-,31+,34-,35-,36-,37+,38+,39+/m1/s1. The van der Waals surface area contributed by atoms with E-state index in [0.717, 1.165) is 38.5 Å². The van der Waals surface area contributed by atoms with Gasteiger partial charge in [0.05, 0.1) is 31.8 Å². The minimum atomic E-state index is -0.633. The first-order valence-electron chi connectivity index (χ1n) is 19.1. The number of ether oxygens (including phenoxy) is 2. The number of tetrazole rings is 1. The van der Waals surface area contributed by atoms with Crippen LogP contribution in [0.2, 0.25) is 0 Å². The lowest BCUT2D eigenvalue weighted by Crippen LogP contribution is -2.70. The van der Waals surface area contributed by atoms with Crippen LogP contribution in [-0.4, -0.2) is 81.7 Å². The van der Waals surface area contributed by atoms with Crippen molar-refractivity contribution < 1.29 is 19.4 Å². The Labute approximate surface area is 295 Å². The Hall–Kier alpha value is -2.04. The number of hydrogen-bond donors (Lipinski definition) is 2. The molecule has 6 rings (SSSR count). The van der Waals surface area contributed by atoms with Crippen molar-refractivity contribution in [1.29, 1.82) is 0 Å². The van der Waals surface area contributed by atoms with Gasteiger partial charge in [-0.25, -0.2) is 0 Å². The number of allylic oxidation sites excluding steroid dienone is 1. The van der Waals surface area contributed by atoms with Crippen LogP contribution < -0.4 is 5.73 Å². The summed E-state index contributed by atoms with van der Waals surface area (Å²) in [7, 11) is 4.28. The first-order valence-corrected chi connectivity index (χ1v) is 19.1. The molecule has 276 valence electrons. The molecule has 5 aliphatic rings. The van der Waals surface area contributed by atoms with Crippen LogP contribution in [0.1, 0.15) is 114 Å². The van der Waals surface area contributed by atoms with Gasteiger partial charge in [0.2, 0.25) is 0 Å². The summed E-state index contributed by atoms with van der Waals surface area (Å²) in [4.78, 5) is 17.6. The summed E-state index contributed by atoms with van der Waals surface area (Å²) in [6.07, 6.45) is 7.86. The van der Waals surface area contributed by atoms with Crippen molar-refractivity contribution in [2.45, 2.75) is 125 Å². The van der Waals surface area contributed by atoms with Crippen LogP contribution in [-0.2, 0) is 14.3 Å². The molecule has 3 saturated carbocycles. The number of hydrogen-bond acceptors (Lipinski definition) is 8. The van der Waals surface area contributed by atoms with Gasteiger partial charge in [0.25, 0.3) is 5.95 Å². The summed E-state index contributed by atoms with van der Waals surface area (Å²) < 4.78 is 14.1. The molecule has 2 bridgehead atoms. The first kappa shape index (κ1) is 36.7. The number of anilines is 1. The van der Waals surface area contributed by atoms with Gasteiger partial charge in [0, 0.05) is 11.0 Å². The SMILES string of the molecule is CC(C)[C@@H](C)[C@@]1(C)CC[C@]2(C)[C@H]3CC[C@@H]4[C@@]5(C)COC[C@@]4(C3=CC[C@@]2(C)[C@@H]1C(=O)O)[C@@H](OC[C@@](C)(C(C)C)N(C)C)[C@H](n1nnc(N)n1)C5. The lowest BCUT2D eigenvalue weighted by molar-refractivity contribution is -0.258. The Morgan fingerprint density at radius 2 is 1.82 bits per heavy atom. The van der Waals surface area contributed by atoms with E-state index in [4.69, 9.17) is 15.2 Å². The third-order valence-electron chi connectivity index (χ3n) is 16.6. The lowest BCUT2D eigenvalue weighted by Gasteiger charge is -2.71. The molecule has 1 saturated heterocycles. The molecule has 10 heteroatoms. The van der Waals surface area contributed by atoms with E-state index in [1.807, 2.05) is 0 Å². The maximum absolute atomic E-state index is 13.5. The molecule has 0 amide bonds. The van der Waals surface area contributed by atoms with E-state index in [9.17, 15) is 9.90 Å². The highest BCUT2D eigenvalue weighted by Crippen LogP contribution is 2.75. The Bertz CT molecular complexity index is 1450. The Kier molecular flexibility index (Phi) is 9.00. The van der Waals surface area contributed by atoms with Gasteiger partial charge in [0.15, 0.2) is 0 Å². The second kappa shape index (κ2) is 12.0. The van der Waals surface area contributed by atoms with Crippen LogP contribution in [0.25, 0.3) is 0 Å². The van der Waals surface area contributed by atoms with E-state index in [1.165, 1.54) is 5.57 Å². The van der Waals surface area contributed by atoms with Crippen molar-refractivity contribution in [2.24, 2.45) is 62.6 Å². The van der Waals surface area contributed by atoms with Crippen LogP contribution in [0.5, 0.6) is 0 Å². The van der Waals surface area contributed by atoms with Crippen LogP contribution in [0.15, 0.2) is 11.6 Å². The fourth-order valence-electron chi connectivity index (χ4n) is 12.5. The second-order valence-corrected chi connectivity index (χ2v) is 19.3. The number of nitrogens with two attached hydrogens (primary N) is 1. The number of aromatic nitrogens is 4. The molecular weight excluding hydrogens is 616 g/mol. The molecule has 0 radical (unpaired) electrons. The number of carboxylic acid groups (broad SMARTS) is 1. The van der Waals surface area contributed by atoms with Crippen molar-refractivity contribution in [1.82, 2.24) is 25.1 Å². The second-order valence-electron chi connectivity index (χ2n) is 19.3. The zero-order chi connectivity index (χ0) is 36.1. The molecule has 1 aromatic rings. The number of nitrogen functional groups attached to an aromatic ring is 1. The predicted octanol–water partition coefficient (Wildman–Crippen LogP) is 6.75. The van der Waals surface area contributed by atoms with Crippen LogP contribution in [0.4, 0.5) is 5.95 Å². The molecule has 3 N–H and O–H groups in total. The summed E-state index contributed by atoms with van der Waals surface area (Å²) >= 11 is 0. The zero-order valence-electron chi connectivity index (χ0n) is 32.5. The van der Waals surface area contributed by atoms with Gasteiger partial charge in [-0.2, -0.15) is 4.80 Å². The van der Waals surface area contributed by atoms with E-state index in [0.29, 0.717) is 43.5 Å². The van der Waals surface area contributed by atoms with Gasteiger partial charge in [-0.3, -0.25) is 4.79 Å². The van der Waals surface area contributed by atoms with E-state index >= 15 is 0 Å². The number of rotatable bonds is 9. The van der Waals surface area contributed by atoms with Crippen molar-refractivity contribution in [3.05, 3.63) is 11.6 Å². The van der Waals surface area contributed by atoms with Gasteiger partial charge < -0.3 is 25.2 Å². The van der Waals surface area contributed by atoms with E-state index in [2.05, 4.69) is 110 Å². The monoisotopic (exact) mass is 683 g/mol. The summed E-state index contributed by atoms with van der Waals surface area (Å²) in [6, 6.07) is -0.164. The van der Waals surface area contributed by atoms with Gasteiger partial charge in [-0.05, 0) is 116 Å². The van der Waals surface area contributed by atoms with Crippen LogP contribution in [0.3, 0.4) is 0 Å². The van der Waals surface area contributed by atoms with Crippen LogP contribution >= 0.6 is 0 Å². The molecule has 0 spiro atoms. The van der Waals surface area contributed by atoms with Gasteiger partial charge in [0.1, 0.15) is 6.04 Å². The van der Waals surface area contributed by atoms with E-state index < -0.39 is 17.3 Å². The Balaban J connectivity index is 1.52. The number of nitrogens with zero attached hydrogens (tertiary/aromatic N) is 5. The summed E-state index contributed by atoms with van der Waals surface area (Å²) in [5, 5.41) is 24.4. The highest BCUT2D eigenvalue weighted by atomic mass is 16.5. The molecule has 49 heavy (non-hydrogen) atoms. The average molecular weight is 683 g/mol. The van der Waals surface area contributed by atoms with Crippen molar-refractivity contribution in [2.75, 3.05) is 39.6 Å². The van der Waals surface area contributed by atoms with E-state index in [1.54, 1.807) is 4.80 Å². The van der Waals surface area contributed by atoms with E-state index in [-0.39, 0.29) is 51.2 Å². The fourth-order valence-corrected chi connectivity index (χ4v) is 12.5. The molecule has 10 nitrogen and oxygen atoms in total. The quantitative estimate of drug-likeness (QED) is 0.272. The molecule has 1 aromatic heterocycles. The minimum Gasteiger partial charge on any atom is -0.481 e. The van der Waals surface area contributed by atoms with Gasteiger partial charge in [-0.1, -0.05) is 79.1 Å². The van der Waals surface area contributed by atoms with Gasteiger partial charge >= 0.3 is 5.97 Å². The predicted molar refractivity (Wildman–Crippen MR) is 192 cm³/mol. The lowest BCUT2D eigenvalue weighted by atomic mass is 9.34. The molecular formula is C39H66N6O4. The normalized spacial score (nSPS) is 43.7. The Morgan fingerprint density at radius 3 is 2.39 bits per heavy atom. The molecule has 1 aliphatic heterocycles. The highest BCUT2D eigenvalue weighted by molar-refractivity contribution is 5.73. The summed E-state index contributed by atoms with van der Waals surface area (Å²) in [5.74, 6) is 0.774. The van der Waals surface area contributed by atoms with Crippen molar-refractivity contribution in [3.8, 4) is 0 Å². The Morgan fingerprint density at radius 1 is 1.12 bits per heavy atom. The third kappa shape index (κ3) is 5.02. The summed E-state index contributed by atoms with van der Waals surface area (Å²) in [6.45, 7) is 24.9. The molecule has 0 aromatic carbocycles. The fraction of sp³-hybridized carbons (Fsp3) is 0.897. The molecule has 4 aliphatic carbocycles. The maximum atomic E-state index is 13.5. The number of aliphatic carboxylic acids is 1. The maximum Gasteiger partial charge on any atom is 0.307 e. The number of fused-ring (bicyclic) bond motifs is 3.